The van der Waals surface area contributed by atoms with Crippen LogP contribution in [0.3, 0.4) is 0 Å². The Morgan fingerprint density at radius 3 is 2.32 bits per heavy atom. The number of pyridine rings is 1. The quantitative estimate of drug-likeness (QED) is 0.264. The summed E-state index contributed by atoms with van der Waals surface area (Å²) in [5.41, 5.74) is 6.72. The van der Waals surface area contributed by atoms with Crippen LogP contribution in [0.1, 0.15) is 61.1 Å². The first-order chi connectivity index (χ1) is 18.1. The number of amides is 1. The molecule has 6 heteroatoms. The zero-order valence-corrected chi connectivity index (χ0v) is 21.9. The Hall–Kier alpha value is -3.93. The minimum absolute atomic E-state index is 0.0390. The van der Waals surface area contributed by atoms with E-state index in [0.717, 1.165) is 53.1 Å². The lowest BCUT2D eigenvalue weighted by Gasteiger charge is -2.27. The molecule has 0 fully saturated rings. The average Bonchev–Trinajstić information content (AvgIpc) is 3.34. The minimum Gasteiger partial charge on any atom is -0.489 e. The molecule has 190 valence electrons. The van der Waals surface area contributed by atoms with Crippen molar-refractivity contribution in [1.29, 1.82) is 0 Å². The van der Waals surface area contributed by atoms with Crippen LogP contribution in [0.5, 0.6) is 5.75 Å². The van der Waals surface area contributed by atoms with Gasteiger partial charge in [-0.1, -0.05) is 57.2 Å². The Bertz CT molecular complexity index is 1340. The highest BCUT2D eigenvalue weighted by atomic mass is 16.5. The van der Waals surface area contributed by atoms with Gasteiger partial charge in [0.25, 0.3) is 5.91 Å². The molecule has 0 spiro atoms. The maximum absolute atomic E-state index is 13.5. The molecule has 1 atom stereocenters. The molecule has 1 aliphatic rings. The molecule has 0 saturated carbocycles. The van der Waals surface area contributed by atoms with Crippen molar-refractivity contribution in [1.82, 2.24) is 19.7 Å². The number of hydrogen-bond donors (Lipinski definition) is 0. The van der Waals surface area contributed by atoms with Gasteiger partial charge in [-0.2, -0.15) is 5.10 Å². The highest BCUT2D eigenvalue weighted by Crippen LogP contribution is 2.37. The zero-order chi connectivity index (χ0) is 25.8. The second kappa shape index (κ2) is 11.0. The predicted octanol–water partition coefficient (Wildman–Crippen LogP) is 6.57. The fourth-order valence-corrected chi connectivity index (χ4v) is 4.84. The van der Waals surface area contributed by atoms with E-state index < -0.39 is 0 Å². The summed E-state index contributed by atoms with van der Waals surface area (Å²) in [6, 6.07) is 20.5. The van der Waals surface area contributed by atoms with Gasteiger partial charge in [-0.3, -0.25) is 14.5 Å². The second-order valence-electron chi connectivity index (χ2n) is 9.69. The molecule has 1 aliphatic heterocycles. The molecule has 0 radical (unpaired) electrons. The molecule has 0 aliphatic carbocycles. The van der Waals surface area contributed by atoms with Gasteiger partial charge < -0.3 is 9.64 Å². The summed E-state index contributed by atoms with van der Waals surface area (Å²) in [4.78, 5) is 19.6. The molecular weight excluding hydrogens is 460 g/mol. The Morgan fingerprint density at radius 1 is 0.919 bits per heavy atom. The van der Waals surface area contributed by atoms with Gasteiger partial charge in [0.2, 0.25) is 0 Å². The number of hydrogen-bond acceptors (Lipinski definition) is 4. The second-order valence-corrected chi connectivity index (χ2v) is 9.69. The molecule has 3 heterocycles. The molecule has 0 saturated heterocycles. The largest absolute Gasteiger partial charge is 0.489 e. The van der Waals surface area contributed by atoms with Gasteiger partial charge in [-0.05, 0) is 59.7 Å². The van der Waals surface area contributed by atoms with E-state index in [2.05, 4.69) is 50.0 Å². The first kappa shape index (κ1) is 24.8. The summed E-state index contributed by atoms with van der Waals surface area (Å²) >= 11 is 0. The van der Waals surface area contributed by atoms with Crippen LogP contribution in [0, 0.1) is 0 Å². The summed E-state index contributed by atoms with van der Waals surface area (Å²) in [7, 11) is 0. The van der Waals surface area contributed by atoms with E-state index in [0.29, 0.717) is 31.3 Å². The van der Waals surface area contributed by atoms with E-state index in [1.165, 1.54) is 5.56 Å². The van der Waals surface area contributed by atoms with Crippen molar-refractivity contribution in [2.75, 3.05) is 13.1 Å². The van der Waals surface area contributed by atoms with Crippen LogP contribution in [0.4, 0.5) is 0 Å². The van der Waals surface area contributed by atoms with Gasteiger partial charge in [0.05, 0.1) is 6.54 Å². The maximum atomic E-state index is 13.5. The van der Waals surface area contributed by atoms with Gasteiger partial charge in [-0.25, -0.2) is 0 Å². The number of aromatic nitrogens is 3. The third-order valence-corrected chi connectivity index (χ3v) is 7.18. The monoisotopic (exact) mass is 494 g/mol. The normalized spacial score (nSPS) is 13.9. The molecule has 6 nitrogen and oxygen atoms in total. The van der Waals surface area contributed by atoms with Crippen molar-refractivity contribution in [2.24, 2.45) is 0 Å². The van der Waals surface area contributed by atoms with Crippen LogP contribution < -0.4 is 4.74 Å². The molecular formula is C31H34N4O2. The molecule has 0 N–H and O–H groups in total. The van der Waals surface area contributed by atoms with Gasteiger partial charge in [0.1, 0.15) is 23.7 Å². The third-order valence-electron chi connectivity index (χ3n) is 7.18. The fourth-order valence-electron chi connectivity index (χ4n) is 4.84. The molecule has 5 rings (SSSR count). The van der Waals surface area contributed by atoms with Crippen molar-refractivity contribution in [3.63, 3.8) is 0 Å². The van der Waals surface area contributed by atoms with E-state index in [1.54, 1.807) is 12.4 Å². The number of benzene rings is 2. The van der Waals surface area contributed by atoms with Crippen molar-refractivity contribution < 1.29 is 9.53 Å². The predicted molar refractivity (Wildman–Crippen MR) is 147 cm³/mol. The van der Waals surface area contributed by atoms with E-state index in [-0.39, 0.29) is 5.91 Å². The Balaban J connectivity index is 1.42. The summed E-state index contributed by atoms with van der Waals surface area (Å²) in [5.74, 6) is 1.40. The standard InChI is InChI=1S/C31H34N4O2/c1-4-18-34-19-20-35-30(31(34)36)28(29(33-35)26-14-16-32-17-15-26)25-10-12-27(13-11-25)37-21-23-6-8-24(9-7-23)22(3)5-2/h6-17,22H,4-5,18-21H2,1-3H3. The zero-order valence-electron chi connectivity index (χ0n) is 21.9. The highest BCUT2D eigenvalue weighted by Gasteiger charge is 2.31. The van der Waals surface area contributed by atoms with E-state index in [1.807, 2.05) is 46.0 Å². The lowest BCUT2D eigenvalue weighted by Crippen LogP contribution is -2.41. The SMILES string of the molecule is CCCN1CCn2nc(-c3ccncc3)c(-c3ccc(OCc4ccc(C(C)CC)cc4)cc3)c2C1=O. The summed E-state index contributed by atoms with van der Waals surface area (Å²) in [5, 5.41) is 4.88. The first-order valence-electron chi connectivity index (χ1n) is 13.2. The number of carbonyl (C=O) groups excluding carboxylic acids is 1. The van der Waals surface area contributed by atoms with E-state index >= 15 is 0 Å². The Kier molecular flexibility index (Phi) is 7.35. The molecule has 37 heavy (non-hydrogen) atoms. The van der Waals surface area contributed by atoms with Crippen molar-refractivity contribution in [3.8, 4) is 28.1 Å². The number of fused-ring (bicyclic) bond motifs is 1. The van der Waals surface area contributed by atoms with Gasteiger partial charge in [0, 0.05) is 36.6 Å². The van der Waals surface area contributed by atoms with Crippen molar-refractivity contribution in [2.45, 2.75) is 52.7 Å². The number of nitrogens with zero attached hydrogens (tertiary/aromatic N) is 4. The lowest BCUT2D eigenvalue weighted by molar-refractivity contribution is 0.0699. The van der Waals surface area contributed by atoms with Crippen molar-refractivity contribution >= 4 is 5.91 Å². The number of ether oxygens (including phenoxy) is 1. The topological polar surface area (TPSA) is 60.3 Å². The minimum atomic E-state index is 0.0390. The Labute approximate surface area is 218 Å². The third kappa shape index (κ3) is 5.15. The van der Waals surface area contributed by atoms with E-state index in [9.17, 15) is 4.79 Å². The van der Waals surface area contributed by atoms with Crippen LogP contribution in [-0.4, -0.2) is 38.7 Å². The Morgan fingerprint density at radius 2 is 1.65 bits per heavy atom. The highest BCUT2D eigenvalue weighted by molar-refractivity contribution is 6.03. The number of rotatable bonds is 9. The lowest BCUT2D eigenvalue weighted by atomic mass is 9.98. The van der Waals surface area contributed by atoms with Crippen LogP contribution >= 0.6 is 0 Å². The van der Waals surface area contributed by atoms with Crippen LogP contribution in [0.25, 0.3) is 22.4 Å². The molecule has 2 aromatic heterocycles. The fraction of sp³-hybridized carbons (Fsp3) is 0.323. The van der Waals surface area contributed by atoms with Gasteiger partial charge in [-0.15, -0.1) is 0 Å². The molecule has 0 bridgehead atoms. The van der Waals surface area contributed by atoms with Crippen molar-refractivity contribution in [3.05, 3.63) is 89.9 Å². The summed E-state index contributed by atoms with van der Waals surface area (Å²) in [6.45, 7) is 9.19. The van der Waals surface area contributed by atoms with E-state index in [4.69, 9.17) is 9.84 Å². The van der Waals surface area contributed by atoms with Crippen LogP contribution in [-0.2, 0) is 13.2 Å². The summed E-state index contributed by atoms with van der Waals surface area (Å²) < 4.78 is 7.95. The van der Waals surface area contributed by atoms with Gasteiger partial charge in [0.15, 0.2) is 0 Å². The molecule has 1 amide bonds. The summed E-state index contributed by atoms with van der Waals surface area (Å²) in [6.07, 6.45) is 5.58. The molecule has 1 unspecified atom stereocenters. The van der Waals surface area contributed by atoms with Crippen LogP contribution in [0.15, 0.2) is 73.1 Å². The average molecular weight is 495 g/mol. The first-order valence-corrected chi connectivity index (χ1v) is 13.2. The molecule has 4 aromatic rings. The van der Waals surface area contributed by atoms with Gasteiger partial charge >= 0.3 is 0 Å². The molecule has 2 aromatic carbocycles. The number of carbonyl (C=O) groups is 1. The maximum Gasteiger partial charge on any atom is 0.272 e. The van der Waals surface area contributed by atoms with Crippen LogP contribution in [0.2, 0.25) is 0 Å². The smallest absolute Gasteiger partial charge is 0.272 e.